The zero-order chi connectivity index (χ0) is 15.3. The van der Waals surface area contributed by atoms with Gasteiger partial charge in [0.15, 0.2) is 0 Å². The molecule has 0 fully saturated rings. The Morgan fingerprint density at radius 1 is 1.19 bits per heavy atom. The number of hydrogen-bond donors (Lipinski definition) is 0. The maximum absolute atomic E-state index is 12.7. The van der Waals surface area contributed by atoms with Crippen molar-refractivity contribution in [1.29, 1.82) is 0 Å². The molecule has 0 saturated heterocycles. The maximum atomic E-state index is 12.7. The molecule has 0 N–H and O–H groups in total. The Morgan fingerprint density at radius 2 is 1.81 bits per heavy atom. The van der Waals surface area contributed by atoms with Crippen LogP contribution in [-0.2, 0) is 20.2 Å². The maximum Gasteiger partial charge on any atom is 0.384 e. The highest BCUT2D eigenvalue weighted by atomic mass is 127. The lowest BCUT2D eigenvalue weighted by Gasteiger charge is -2.14. The van der Waals surface area contributed by atoms with Crippen molar-refractivity contribution in [3.05, 3.63) is 39.6 Å². The smallest absolute Gasteiger partial charge is 0.304 e. The number of benzene rings is 1. The highest BCUT2D eigenvalue weighted by molar-refractivity contribution is 14.1. The zero-order valence-corrected chi connectivity index (χ0v) is 15.0. The predicted molar refractivity (Wildman–Crippen MR) is 88.8 cm³/mol. The Bertz CT molecular complexity index is 623. The van der Waals surface area contributed by atoms with Gasteiger partial charge in [-0.2, -0.15) is 0 Å². The van der Waals surface area contributed by atoms with Crippen molar-refractivity contribution in [2.24, 2.45) is 0 Å². The summed E-state index contributed by atoms with van der Waals surface area (Å²) in [5.41, 5.74) is 1.37. The molecule has 6 nitrogen and oxygen atoms in total. The molecule has 0 aliphatic rings. The van der Waals surface area contributed by atoms with Crippen LogP contribution in [0.1, 0.15) is 19.4 Å². The van der Waals surface area contributed by atoms with Crippen LogP contribution in [0.3, 0.4) is 0 Å². The first-order valence-corrected chi connectivity index (χ1v) is 9.25. The first kappa shape index (κ1) is 16.6. The molecule has 8 heteroatoms. The lowest BCUT2D eigenvalue weighted by molar-refractivity contribution is 0.229. The second-order valence-corrected chi connectivity index (χ2v) is 7.14. The highest BCUT2D eigenvalue weighted by Crippen LogP contribution is 2.47. The SMILES string of the molecule is CCOP(=O)(OCC)c1nnn(Cc2ccccc2)c1I. The Balaban J connectivity index is 2.29. The molecule has 2 aromatic rings. The van der Waals surface area contributed by atoms with Gasteiger partial charge in [-0.25, -0.2) is 4.68 Å². The molecule has 0 spiro atoms. The molecule has 0 saturated carbocycles. The van der Waals surface area contributed by atoms with Gasteiger partial charge in [0, 0.05) is 0 Å². The van der Waals surface area contributed by atoms with Crippen molar-refractivity contribution in [2.45, 2.75) is 20.4 Å². The fourth-order valence-corrected chi connectivity index (χ4v) is 4.57. The van der Waals surface area contributed by atoms with Gasteiger partial charge in [0.1, 0.15) is 3.70 Å². The summed E-state index contributed by atoms with van der Waals surface area (Å²) in [4.78, 5) is 0. The summed E-state index contributed by atoms with van der Waals surface area (Å²) in [6.45, 7) is 4.68. The number of rotatable bonds is 7. The largest absolute Gasteiger partial charge is 0.384 e. The van der Waals surface area contributed by atoms with E-state index >= 15 is 0 Å². The van der Waals surface area contributed by atoms with E-state index in [0.717, 1.165) is 5.56 Å². The first-order chi connectivity index (χ1) is 10.1. The van der Waals surface area contributed by atoms with Crippen LogP contribution < -0.4 is 5.44 Å². The monoisotopic (exact) mass is 421 g/mol. The second kappa shape index (κ2) is 7.49. The normalized spacial score (nSPS) is 11.8. The third-order valence-electron chi connectivity index (χ3n) is 2.69. The molecule has 0 amide bonds. The van der Waals surface area contributed by atoms with Crippen molar-refractivity contribution in [3.8, 4) is 0 Å². The van der Waals surface area contributed by atoms with Gasteiger partial charge in [-0.05, 0) is 42.0 Å². The van der Waals surface area contributed by atoms with Crippen molar-refractivity contribution in [3.63, 3.8) is 0 Å². The van der Waals surface area contributed by atoms with Crippen molar-refractivity contribution in [2.75, 3.05) is 13.2 Å². The molecule has 0 bridgehead atoms. The van der Waals surface area contributed by atoms with Gasteiger partial charge >= 0.3 is 7.60 Å². The average molecular weight is 421 g/mol. The van der Waals surface area contributed by atoms with Crippen LogP contribution in [0, 0.1) is 3.70 Å². The summed E-state index contributed by atoms with van der Waals surface area (Å²) in [5.74, 6) is 0. The van der Waals surface area contributed by atoms with E-state index < -0.39 is 7.60 Å². The van der Waals surface area contributed by atoms with Gasteiger partial charge < -0.3 is 9.05 Å². The minimum absolute atomic E-state index is 0.280. The van der Waals surface area contributed by atoms with E-state index in [4.69, 9.17) is 9.05 Å². The molecule has 1 heterocycles. The third-order valence-corrected chi connectivity index (χ3v) is 6.20. The van der Waals surface area contributed by atoms with Gasteiger partial charge in [-0.15, -0.1) is 5.10 Å². The van der Waals surface area contributed by atoms with Gasteiger partial charge in [0.2, 0.25) is 5.44 Å². The van der Waals surface area contributed by atoms with E-state index in [9.17, 15) is 4.57 Å². The highest BCUT2D eigenvalue weighted by Gasteiger charge is 2.34. The molecule has 0 radical (unpaired) electrons. The molecule has 2 rings (SSSR count). The van der Waals surface area contributed by atoms with Crippen LogP contribution in [0.15, 0.2) is 30.3 Å². The van der Waals surface area contributed by atoms with E-state index in [2.05, 4.69) is 32.9 Å². The second-order valence-electron chi connectivity index (χ2n) is 4.18. The van der Waals surface area contributed by atoms with E-state index in [0.29, 0.717) is 23.5 Å². The summed E-state index contributed by atoms with van der Waals surface area (Å²) in [5, 5.41) is 8.08. The summed E-state index contributed by atoms with van der Waals surface area (Å²) in [6.07, 6.45) is 0. The quantitative estimate of drug-likeness (QED) is 0.508. The number of aromatic nitrogens is 3. The van der Waals surface area contributed by atoms with Crippen LogP contribution >= 0.6 is 30.2 Å². The van der Waals surface area contributed by atoms with E-state index in [1.807, 2.05) is 30.3 Å². The fraction of sp³-hybridized carbons (Fsp3) is 0.385. The topological polar surface area (TPSA) is 66.2 Å². The van der Waals surface area contributed by atoms with E-state index in [1.165, 1.54) is 0 Å². The summed E-state index contributed by atoms with van der Waals surface area (Å²) in [7, 11) is -3.40. The Kier molecular flexibility index (Phi) is 5.92. The molecule has 0 aliphatic carbocycles. The van der Waals surface area contributed by atoms with Crippen LogP contribution in [0.5, 0.6) is 0 Å². The lowest BCUT2D eigenvalue weighted by Crippen LogP contribution is -2.16. The Labute approximate surface area is 137 Å². The standard InChI is InChI=1S/C13H17IN3O3P/c1-3-19-21(18,20-4-2)13-12(14)17(16-15-13)10-11-8-6-5-7-9-11/h5-9H,3-4,10H2,1-2H3. The van der Waals surface area contributed by atoms with Crippen LogP contribution in [0.25, 0.3) is 0 Å². The zero-order valence-electron chi connectivity index (χ0n) is 11.9. The van der Waals surface area contributed by atoms with Gasteiger partial charge in [0.25, 0.3) is 0 Å². The minimum Gasteiger partial charge on any atom is -0.304 e. The molecule has 0 aliphatic heterocycles. The van der Waals surface area contributed by atoms with Crippen molar-refractivity contribution in [1.82, 2.24) is 15.0 Å². The average Bonchev–Trinajstić information content (AvgIpc) is 2.82. The molecule has 0 unspecified atom stereocenters. The van der Waals surface area contributed by atoms with E-state index in [-0.39, 0.29) is 5.44 Å². The molecule has 0 atom stereocenters. The van der Waals surface area contributed by atoms with Gasteiger partial charge in [-0.1, -0.05) is 35.5 Å². The number of nitrogens with zero attached hydrogens (tertiary/aromatic N) is 3. The minimum atomic E-state index is -3.40. The molecule has 21 heavy (non-hydrogen) atoms. The Hall–Kier alpha value is -0.760. The van der Waals surface area contributed by atoms with Crippen LogP contribution in [-0.4, -0.2) is 28.2 Å². The summed E-state index contributed by atoms with van der Waals surface area (Å²) >= 11 is 2.07. The number of halogens is 1. The van der Waals surface area contributed by atoms with Crippen LogP contribution in [0.4, 0.5) is 0 Å². The van der Waals surface area contributed by atoms with Crippen molar-refractivity contribution < 1.29 is 13.6 Å². The van der Waals surface area contributed by atoms with Gasteiger partial charge in [0.05, 0.1) is 19.8 Å². The molecule has 114 valence electrons. The predicted octanol–water partition coefficient (Wildman–Crippen LogP) is 2.82. The first-order valence-electron chi connectivity index (χ1n) is 6.63. The van der Waals surface area contributed by atoms with Crippen LogP contribution in [0.2, 0.25) is 0 Å². The molecular formula is C13H17IN3O3P. The third kappa shape index (κ3) is 3.91. The lowest BCUT2D eigenvalue weighted by atomic mass is 10.2. The van der Waals surface area contributed by atoms with Gasteiger partial charge in [-0.3, -0.25) is 4.57 Å². The molecule has 1 aromatic heterocycles. The fourth-order valence-electron chi connectivity index (χ4n) is 1.82. The summed E-state index contributed by atoms with van der Waals surface area (Å²) < 4.78 is 25.7. The molecular weight excluding hydrogens is 404 g/mol. The Morgan fingerprint density at radius 3 is 2.38 bits per heavy atom. The van der Waals surface area contributed by atoms with E-state index in [1.54, 1.807) is 18.5 Å². The summed E-state index contributed by atoms with van der Waals surface area (Å²) in [6, 6.07) is 9.89. The number of hydrogen-bond acceptors (Lipinski definition) is 5. The molecule has 1 aromatic carbocycles. The van der Waals surface area contributed by atoms with Crippen molar-refractivity contribution >= 4 is 35.6 Å².